The molecule has 4 aromatic carbocycles. The van der Waals surface area contributed by atoms with Crippen LogP contribution < -0.4 is 5.32 Å². The Kier molecular flexibility index (Phi) is 4.92. The lowest BCUT2D eigenvalue weighted by Crippen LogP contribution is -2.38. The minimum Gasteiger partial charge on any atom is -0.367 e. The Balaban J connectivity index is 1.57. The fourth-order valence-electron chi connectivity index (χ4n) is 4.67. The molecule has 1 aromatic heterocycles. The van der Waals surface area contributed by atoms with Crippen LogP contribution in [0.25, 0.3) is 11.0 Å². The first-order chi connectivity index (χ1) is 16.3. The van der Waals surface area contributed by atoms with Gasteiger partial charge in [0.15, 0.2) is 5.58 Å². The van der Waals surface area contributed by atoms with Gasteiger partial charge in [0.2, 0.25) is 0 Å². The van der Waals surface area contributed by atoms with Gasteiger partial charge < -0.3 is 9.84 Å². The van der Waals surface area contributed by atoms with E-state index < -0.39 is 5.54 Å². The van der Waals surface area contributed by atoms with Crippen molar-refractivity contribution in [2.24, 2.45) is 0 Å². The van der Waals surface area contributed by atoms with E-state index in [2.05, 4.69) is 89.3 Å². The number of anilines is 1. The van der Waals surface area contributed by atoms with Gasteiger partial charge in [0.05, 0.1) is 16.1 Å². The van der Waals surface area contributed by atoms with Crippen LogP contribution in [0, 0.1) is 6.07 Å². The second-order valence-electron chi connectivity index (χ2n) is 8.55. The maximum absolute atomic E-state index is 6.75. The first-order valence-electron chi connectivity index (χ1n) is 11.2. The molecule has 4 heteroatoms. The molecule has 1 aliphatic rings. The number of fused-ring (bicyclic) bond motifs is 1. The third kappa shape index (κ3) is 3.49. The lowest BCUT2D eigenvalue weighted by molar-refractivity contribution is 0.446. The lowest BCUT2D eigenvalue weighted by atomic mass is 9.77. The predicted molar refractivity (Wildman–Crippen MR) is 133 cm³/mol. The van der Waals surface area contributed by atoms with Gasteiger partial charge in [-0.25, -0.2) is 0 Å². The molecular formula is C29H22ClN2O. The number of rotatable bonds is 6. The van der Waals surface area contributed by atoms with Crippen molar-refractivity contribution in [3.8, 4) is 0 Å². The van der Waals surface area contributed by atoms with Gasteiger partial charge in [0, 0.05) is 23.7 Å². The average molecular weight is 450 g/mol. The number of hydrogen-bond donors (Lipinski definition) is 1. The maximum Gasteiger partial charge on any atom is 0.170 e. The van der Waals surface area contributed by atoms with Crippen molar-refractivity contribution in [3.05, 3.63) is 131 Å². The molecule has 161 valence electrons. The zero-order valence-corrected chi connectivity index (χ0v) is 18.7. The number of benzene rings is 4. The molecule has 1 aliphatic carbocycles. The number of nitrogens with zero attached hydrogens (tertiary/aromatic N) is 1. The van der Waals surface area contributed by atoms with E-state index in [1.165, 1.54) is 0 Å². The van der Waals surface area contributed by atoms with Gasteiger partial charge in [-0.15, -0.1) is 0 Å². The molecule has 0 bridgehead atoms. The van der Waals surface area contributed by atoms with Crippen molar-refractivity contribution in [1.29, 1.82) is 0 Å². The van der Waals surface area contributed by atoms with Gasteiger partial charge in [-0.2, -0.15) is 0 Å². The van der Waals surface area contributed by atoms with Gasteiger partial charge in [-0.3, -0.25) is 0 Å². The summed E-state index contributed by atoms with van der Waals surface area (Å²) in [5, 5.41) is 9.55. The van der Waals surface area contributed by atoms with Crippen LogP contribution >= 0.6 is 11.6 Å². The normalized spacial score (nSPS) is 13.8. The molecule has 0 saturated heterocycles. The smallest absolute Gasteiger partial charge is 0.170 e. The Morgan fingerprint density at radius 1 is 0.818 bits per heavy atom. The number of aromatic nitrogens is 1. The van der Waals surface area contributed by atoms with E-state index in [9.17, 15) is 0 Å². The average Bonchev–Trinajstić information content (AvgIpc) is 3.63. The van der Waals surface area contributed by atoms with Crippen LogP contribution in [0.3, 0.4) is 0 Å². The highest BCUT2D eigenvalue weighted by Crippen LogP contribution is 2.46. The van der Waals surface area contributed by atoms with E-state index in [-0.39, 0.29) is 0 Å². The Bertz CT molecular complexity index is 1300. The predicted octanol–water partition coefficient (Wildman–Crippen LogP) is 7.56. The van der Waals surface area contributed by atoms with Gasteiger partial charge in [0.1, 0.15) is 5.54 Å². The molecule has 0 amide bonds. The summed E-state index contributed by atoms with van der Waals surface area (Å²) >= 11 is 6.75. The molecule has 0 atom stereocenters. The van der Waals surface area contributed by atoms with Crippen LogP contribution in [0.2, 0.25) is 5.02 Å². The number of halogens is 1. The highest BCUT2D eigenvalue weighted by atomic mass is 35.5. The molecule has 0 aliphatic heterocycles. The Hall–Kier alpha value is -3.56. The largest absolute Gasteiger partial charge is 0.367 e. The second-order valence-corrected chi connectivity index (χ2v) is 8.93. The lowest BCUT2D eigenvalue weighted by Gasteiger charge is -2.37. The SMILES string of the molecule is Clc1[c]c(NC(c2ccccc2)(c2ccccc2)c2ccccc2)cc2onc(C3CC3)c12. The van der Waals surface area contributed by atoms with E-state index in [4.69, 9.17) is 16.1 Å². The van der Waals surface area contributed by atoms with Crippen LogP contribution in [0.1, 0.15) is 41.1 Å². The summed E-state index contributed by atoms with van der Waals surface area (Å²) in [6.07, 6.45) is 2.27. The zero-order valence-electron chi connectivity index (χ0n) is 18.0. The summed E-state index contributed by atoms with van der Waals surface area (Å²) in [5.74, 6) is 0.452. The molecule has 5 aromatic rings. The molecule has 1 N–H and O–H groups in total. The van der Waals surface area contributed by atoms with E-state index in [0.717, 1.165) is 46.3 Å². The first-order valence-corrected chi connectivity index (χ1v) is 11.6. The Morgan fingerprint density at radius 3 is 1.82 bits per heavy atom. The van der Waals surface area contributed by atoms with Crippen molar-refractivity contribution >= 4 is 28.3 Å². The van der Waals surface area contributed by atoms with Crippen molar-refractivity contribution < 1.29 is 4.52 Å². The number of nitrogens with one attached hydrogen (secondary N) is 1. The van der Waals surface area contributed by atoms with Crippen LogP contribution in [-0.4, -0.2) is 5.16 Å². The van der Waals surface area contributed by atoms with E-state index in [1.54, 1.807) is 0 Å². The molecular weight excluding hydrogens is 428 g/mol. The number of hydrogen-bond acceptors (Lipinski definition) is 3. The third-order valence-electron chi connectivity index (χ3n) is 6.39. The molecule has 1 heterocycles. The molecule has 1 saturated carbocycles. The monoisotopic (exact) mass is 449 g/mol. The molecule has 3 nitrogen and oxygen atoms in total. The quantitative estimate of drug-likeness (QED) is 0.272. The fourth-order valence-corrected chi connectivity index (χ4v) is 4.96. The van der Waals surface area contributed by atoms with Crippen molar-refractivity contribution in [3.63, 3.8) is 0 Å². The highest BCUT2D eigenvalue weighted by molar-refractivity contribution is 6.35. The molecule has 1 fully saturated rings. The van der Waals surface area contributed by atoms with Crippen molar-refractivity contribution in [2.45, 2.75) is 24.3 Å². The Labute approximate surface area is 198 Å². The van der Waals surface area contributed by atoms with Gasteiger partial charge in [-0.1, -0.05) is 108 Å². The summed E-state index contributed by atoms with van der Waals surface area (Å²) in [4.78, 5) is 0. The van der Waals surface area contributed by atoms with Gasteiger partial charge in [-0.05, 0) is 29.5 Å². The summed E-state index contributed by atoms with van der Waals surface area (Å²) in [6, 6.07) is 36.7. The third-order valence-corrected chi connectivity index (χ3v) is 6.67. The summed E-state index contributed by atoms with van der Waals surface area (Å²) in [7, 11) is 0. The van der Waals surface area contributed by atoms with E-state index in [0.29, 0.717) is 16.5 Å². The summed E-state index contributed by atoms with van der Waals surface area (Å²) < 4.78 is 5.71. The Morgan fingerprint density at radius 2 is 1.33 bits per heavy atom. The molecule has 6 rings (SSSR count). The molecule has 33 heavy (non-hydrogen) atoms. The van der Waals surface area contributed by atoms with E-state index >= 15 is 0 Å². The van der Waals surface area contributed by atoms with Crippen LogP contribution in [-0.2, 0) is 5.54 Å². The zero-order chi connectivity index (χ0) is 22.3. The van der Waals surface area contributed by atoms with Gasteiger partial charge in [0.25, 0.3) is 0 Å². The minimum atomic E-state index is -0.656. The van der Waals surface area contributed by atoms with Crippen molar-refractivity contribution in [1.82, 2.24) is 5.16 Å². The highest BCUT2D eigenvalue weighted by Gasteiger charge is 2.37. The molecule has 1 radical (unpaired) electrons. The van der Waals surface area contributed by atoms with Crippen molar-refractivity contribution in [2.75, 3.05) is 5.32 Å². The van der Waals surface area contributed by atoms with Crippen LogP contribution in [0.15, 0.2) is 102 Å². The summed E-state index contributed by atoms with van der Waals surface area (Å²) in [5.41, 5.74) is 5.08. The maximum atomic E-state index is 6.75. The topological polar surface area (TPSA) is 38.1 Å². The van der Waals surface area contributed by atoms with Crippen LogP contribution in [0.5, 0.6) is 0 Å². The molecule has 0 spiro atoms. The molecule has 0 unspecified atom stereocenters. The standard InChI is InChI=1S/C29H22ClN2O/c30-25-18-24(19-26-27(25)28(32-33-26)20-16-17-20)31-29(21-10-4-1-5-11-21,22-12-6-2-7-13-22)23-14-8-3-9-15-23/h1-15,19-20,31H,16-17H2. The first kappa shape index (κ1) is 20.1. The van der Waals surface area contributed by atoms with Crippen LogP contribution in [0.4, 0.5) is 5.69 Å². The summed E-state index contributed by atoms with van der Waals surface area (Å²) in [6.45, 7) is 0. The van der Waals surface area contributed by atoms with Gasteiger partial charge >= 0.3 is 0 Å². The fraction of sp³-hybridized carbons (Fsp3) is 0.138. The van der Waals surface area contributed by atoms with E-state index in [1.807, 2.05) is 24.3 Å². The second kappa shape index (κ2) is 8.09. The minimum absolute atomic E-state index is 0.452.